The minimum Gasteiger partial charge on any atom is -0.353 e. The molecule has 1 N–H and O–H groups in total. The van der Waals surface area contributed by atoms with Crippen LogP contribution in [0, 0.1) is 0 Å². The number of hydrogen-bond donors (Lipinski definition) is 1. The number of halogens is 2. The van der Waals surface area contributed by atoms with Gasteiger partial charge in [0.25, 0.3) is 0 Å². The molecule has 1 aromatic rings. The SMILES string of the molecule is O=C(Cc1cccc(Br)c1)NC1CCC(Cl)CC1. The molecule has 0 saturated heterocycles. The first-order chi connectivity index (χ1) is 8.63. The molecule has 1 aliphatic carbocycles. The van der Waals surface area contributed by atoms with Crippen LogP contribution in [0.3, 0.4) is 0 Å². The van der Waals surface area contributed by atoms with E-state index >= 15 is 0 Å². The van der Waals surface area contributed by atoms with Gasteiger partial charge in [0.15, 0.2) is 0 Å². The van der Waals surface area contributed by atoms with Crippen molar-refractivity contribution in [1.29, 1.82) is 0 Å². The van der Waals surface area contributed by atoms with Crippen molar-refractivity contribution in [1.82, 2.24) is 5.32 Å². The third-order valence-electron chi connectivity index (χ3n) is 3.28. The molecule has 4 heteroatoms. The third kappa shape index (κ3) is 4.29. The topological polar surface area (TPSA) is 29.1 Å². The minimum absolute atomic E-state index is 0.103. The lowest BCUT2D eigenvalue weighted by Crippen LogP contribution is -2.38. The third-order valence-corrected chi connectivity index (χ3v) is 4.21. The lowest BCUT2D eigenvalue weighted by Gasteiger charge is -2.25. The summed E-state index contributed by atoms with van der Waals surface area (Å²) in [6.07, 6.45) is 4.45. The van der Waals surface area contributed by atoms with Gasteiger partial charge in [-0.1, -0.05) is 28.1 Å². The highest BCUT2D eigenvalue weighted by Crippen LogP contribution is 2.22. The van der Waals surface area contributed by atoms with Gasteiger partial charge in [-0.05, 0) is 43.4 Å². The molecule has 1 amide bonds. The molecule has 0 atom stereocenters. The van der Waals surface area contributed by atoms with E-state index in [1.54, 1.807) is 0 Å². The second-order valence-electron chi connectivity index (χ2n) is 4.82. The van der Waals surface area contributed by atoms with Gasteiger partial charge in [-0.15, -0.1) is 11.6 Å². The molecule has 1 aromatic carbocycles. The maximum Gasteiger partial charge on any atom is 0.224 e. The van der Waals surface area contributed by atoms with Crippen LogP contribution in [0.25, 0.3) is 0 Å². The Hall–Kier alpha value is -0.540. The van der Waals surface area contributed by atoms with Crippen LogP contribution >= 0.6 is 27.5 Å². The molecule has 1 saturated carbocycles. The maximum absolute atomic E-state index is 11.9. The van der Waals surface area contributed by atoms with E-state index in [2.05, 4.69) is 21.2 Å². The molecular formula is C14H17BrClNO. The van der Waals surface area contributed by atoms with Crippen molar-refractivity contribution < 1.29 is 4.79 Å². The van der Waals surface area contributed by atoms with E-state index in [1.807, 2.05) is 24.3 Å². The van der Waals surface area contributed by atoms with E-state index in [9.17, 15) is 4.79 Å². The number of nitrogens with one attached hydrogen (secondary N) is 1. The Morgan fingerprint density at radius 3 is 2.72 bits per heavy atom. The Balaban J connectivity index is 1.82. The summed E-state index contributed by atoms with van der Waals surface area (Å²) in [5.41, 5.74) is 1.04. The van der Waals surface area contributed by atoms with Crippen molar-refractivity contribution in [3.63, 3.8) is 0 Å². The van der Waals surface area contributed by atoms with Crippen LogP contribution in [0.15, 0.2) is 28.7 Å². The first-order valence-electron chi connectivity index (χ1n) is 6.31. The van der Waals surface area contributed by atoms with E-state index in [1.165, 1.54) is 0 Å². The first kappa shape index (κ1) is 13.9. The van der Waals surface area contributed by atoms with Crippen LogP contribution < -0.4 is 5.32 Å². The highest BCUT2D eigenvalue weighted by molar-refractivity contribution is 9.10. The van der Waals surface area contributed by atoms with Crippen molar-refractivity contribution >= 4 is 33.4 Å². The Morgan fingerprint density at radius 1 is 1.33 bits per heavy atom. The molecule has 0 aromatic heterocycles. The molecule has 0 aliphatic heterocycles. The molecule has 18 heavy (non-hydrogen) atoms. The van der Waals surface area contributed by atoms with E-state index in [0.29, 0.717) is 17.8 Å². The molecule has 0 radical (unpaired) electrons. The molecule has 1 aliphatic rings. The molecule has 0 spiro atoms. The number of carbonyl (C=O) groups excluding carboxylic acids is 1. The predicted octanol–water partition coefficient (Wildman–Crippen LogP) is 3.66. The Morgan fingerprint density at radius 2 is 2.06 bits per heavy atom. The fourth-order valence-electron chi connectivity index (χ4n) is 2.31. The molecular weight excluding hydrogens is 314 g/mol. The zero-order chi connectivity index (χ0) is 13.0. The van der Waals surface area contributed by atoms with E-state index in [4.69, 9.17) is 11.6 Å². The van der Waals surface area contributed by atoms with Gasteiger partial charge in [-0.2, -0.15) is 0 Å². The fraction of sp³-hybridized carbons (Fsp3) is 0.500. The molecule has 0 unspecified atom stereocenters. The first-order valence-corrected chi connectivity index (χ1v) is 7.54. The maximum atomic E-state index is 11.9. The van der Waals surface area contributed by atoms with Crippen molar-refractivity contribution in [3.8, 4) is 0 Å². The highest BCUT2D eigenvalue weighted by Gasteiger charge is 2.20. The van der Waals surface area contributed by atoms with Gasteiger partial charge < -0.3 is 5.32 Å². The standard InChI is InChI=1S/C14H17BrClNO/c15-11-3-1-2-10(8-11)9-14(18)17-13-6-4-12(16)5-7-13/h1-3,8,12-13H,4-7,9H2,(H,17,18). The van der Waals surface area contributed by atoms with E-state index in [0.717, 1.165) is 35.7 Å². The fourth-order valence-corrected chi connectivity index (χ4v) is 3.01. The lowest BCUT2D eigenvalue weighted by molar-refractivity contribution is -0.121. The molecule has 0 heterocycles. The molecule has 2 nitrogen and oxygen atoms in total. The van der Waals surface area contributed by atoms with Crippen LogP contribution in [0.5, 0.6) is 0 Å². The Bertz CT molecular complexity index is 416. The summed E-state index contributed by atoms with van der Waals surface area (Å²) < 4.78 is 1.01. The average molecular weight is 331 g/mol. The summed E-state index contributed by atoms with van der Waals surface area (Å²) in [6, 6.07) is 8.17. The largest absolute Gasteiger partial charge is 0.353 e. The van der Waals surface area contributed by atoms with Gasteiger partial charge in [-0.3, -0.25) is 4.79 Å². The van der Waals surface area contributed by atoms with Crippen LogP contribution in [0.1, 0.15) is 31.2 Å². The second-order valence-corrected chi connectivity index (χ2v) is 6.36. The normalized spacial score (nSPS) is 23.7. The van der Waals surface area contributed by atoms with Crippen LogP contribution in [0.2, 0.25) is 0 Å². The summed E-state index contributed by atoms with van der Waals surface area (Å²) in [5, 5.41) is 3.39. The average Bonchev–Trinajstić information content (AvgIpc) is 2.32. The van der Waals surface area contributed by atoms with Crippen molar-refractivity contribution in [2.24, 2.45) is 0 Å². The van der Waals surface area contributed by atoms with Crippen molar-refractivity contribution in [2.75, 3.05) is 0 Å². The molecule has 1 fully saturated rings. The minimum atomic E-state index is 0.103. The summed E-state index contributed by atoms with van der Waals surface area (Å²) in [5.74, 6) is 0.103. The summed E-state index contributed by atoms with van der Waals surface area (Å²) in [7, 11) is 0. The van der Waals surface area contributed by atoms with Crippen LogP contribution in [0.4, 0.5) is 0 Å². The van der Waals surface area contributed by atoms with Gasteiger partial charge >= 0.3 is 0 Å². The van der Waals surface area contributed by atoms with Gasteiger partial charge in [0.2, 0.25) is 5.91 Å². The van der Waals surface area contributed by atoms with Gasteiger partial charge in [0.1, 0.15) is 0 Å². The monoisotopic (exact) mass is 329 g/mol. The number of hydrogen-bond acceptors (Lipinski definition) is 1. The van der Waals surface area contributed by atoms with E-state index in [-0.39, 0.29) is 5.91 Å². The molecule has 98 valence electrons. The smallest absolute Gasteiger partial charge is 0.224 e. The quantitative estimate of drug-likeness (QED) is 0.842. The van der Waals surface area contributed by atoms with Gasteiger partial charge in [-0.25, -0.2) is 0 Å². The number of benzene rings is 1. The lowest BCUT2D eigenvalue weighted by atomic mass is 9.95. The highest BCUT2D eigenvalue weighted by atomic mass is 79.9. The number of carbonyl (C=O) groups is 1. The number of amides is 1. The van der Waals surface area contributed by atoms with Gasteiger partial charge in [0.05, 0.1) is 6.42 Å². The zero-order valence-electron chi connectivity index (χ0n) is 10.2. The summed E-state index contributed by atoms with van der Waals surface area (Å²) in [6.45, 7) is 0. The second kappa shape index (κ2) is 6.58. The Labute approximate surface area is 121 Å². The number of alkyl halides is 1. The van der Waals surface area contributed by atoms with Crippen LogP contribution in [-0.2, 0) is 11.2 Å². The zero-order valence-corrected chi connectivity index (χ0v) is 12.5. The van der Waals surface area contributed by atoms with Crippen LogP contribution in [-0.4, -0.2) is 17.3 Å². The summed E-state index contributed by atoms with van der Waals surface area (Å²) in [4.78, 5) is 11.9. The predicted molar refractivity (Wildman–Crippen MR) is 77.9 cm³/mol. The molecule has 0 bridgehead atoms. The summed E-state index contributed by atoms with van der Waals surface area (Å²) >= 11 is 9.46. The molecule has 2 rings (SSSR count). The Kier molecular flexibility index (Phi) is 5.07. The van der Waals surface area contributed by atoms with Crippen molar-refractivity contribution in [3.05, 3.63) is 34.3 Å². The number of rotatable bonds is 3. The van der Waals surface area contributed by atoms with Crippen molar-refractivity contribution in [2.45, 2.75) is 43.5 Å². The van der Waals surface area contributed by atoms with E-state index < -0.39 is 0 Å². The van der Waals surface area contributed by atoms with Gasteiger partial charge in [0, 0.05) is 15.9 Å².